The van der Waals surface area contributed by atoms with Crippen LogP contribution in [0.2, 0.25) is 0 Å². The maximum Gasteiger partial charge on any atom is 0.128 e. The first kappa shape index (κ1) is 14.0. The van der Waals surface area contributed by atoms with Crippen LogP contribution in [0, 0.1) is 12.7 Å². The molecule has 3 rings (SSSR count). The van der Waals surface area contributed by atoms with Gasteiger partial charge in [0, 0.05) is 12.1 Å². The average Bonchev–Trinajstić information content (AvgIpc) is 2.70. The topological polar surface area (TPSA) is 29.9 Å². The lowest BCUT2D eigenvalue weighted by Gasteiger charge is -2.15. The molecule has 0 amide bonds. The van der Waals surface area contributed by atoms with Gasteiger partial charge in [-0.1, -0.05) is 18.2 Å². The molecule has 0 bridgehead atoms. The van der Waals surface area contributed by atoms with E-state index in [0.29, 0.717) is 12.1 Å². The van der Waals surface area contributed by atoms with Crippen LogP contribution >= 0.6 is 12.4 Å². The number of hydrogen-bond acceptors (Lipinski definition) is 2. The highest BCUT2D eigenvalue weighted by atomic mass is 35.5. The third-order valence-corrected chi connectivity index (χ3v) is 3.49. The Balaban J connectivity index is 0.00000133. The summed E-state index contributed by atoms with van der Waals surface area (Å²) in [6, 6.07) is 6.88. The van der Waals surface area contributed by atoms with Gasteiger partial charge in [-0.3, -0.25) is 4.68 Å². The minimum Gasteiger partial charge on any atom is -0.311 e. The Hall–Kier alpha value is -1.39. The van der Waals surface area contributed by atoms with Gasteiger partial charge in [-0.25, -0.2) is 4.39 Å². The molecule has 0 fully saturated rings. The van der Waals surface area contributed by atoms with Crippen molar-refractivity contribution in [2.45, 2.75) is 26.4 Å². The first-order valence-corrected chi connectivity index (χ1v) is 6.25. The Morgan fingerprint density at radius 2 is 2.16 bits per heavy atom. The number of benzene rings is 1. The number of fused-ring (bicyclic) bond motifs is 1. The molecule has 0 radical (unpaired) electrons. The van der Waals surface area contributed by atoms with Gasteiger partial charge >= 0.3 is 0 Å². The van der Waals surface area contributed by atoms with Gasteiger partial charge in [0.2, 0.25) is 0 Å². The van der Waals surface area contributed by atoms with E-state index in [2.05, 4.69) is 10.4 Å². The highest BCUT2D eigenvalue weighted by Gasteiger charge is 2.18. The van der Waals surface area contributed by atoms with E-state index in [0.717, 1.165) is 25.2 Å². The summed E-state index contributed by atoms with van der Waals surface area (Å²) in [5.74, 6) is -0.164. The van der Waals surface area contributed by atoms with Crippen molar-refractivity contribution < 1.29 is 4.39 Å². The van der Waals surface area contributed by atoms with E-state index >= 15 is 0 Å². The van der Waals surface area contributed by atoms with Gasteiger partial charge < -0.3 is 5.32 Å². The largest absolute Gasteiger partial charge is 0.311 e. The van der Waals surface area contributed by atoms with Gasteiger partial charge in [-0.05, 0) is 31.5 Å². The highest BCUT2D eigenvalue weighted by molar-refractivity contribution is 5.85. The summed E-state index contributed by atoms with van der Waals surface area (Å²) in [5, 5.41) is 7.88. The van der Waals surface area contributed by atoms with Gasteiger partial charge in [0.25, 0.3) is 0 Å². The van der Waals surface area contributed by atoms with Crippen LogP contribution in [0.3, 0.4) is 0 Å². The van der Waals surface area contributed by atoms with E-state index in [4.69, 9.17) is 0 Å². The number of aromatic nitrogens is 2. The van der Waals surface area contributed by atoms with Gasteiger partial charge in [0.15, 0.2) is 0 Å². The Kier molecular flexibility index (Phi) is 4.22. The van der Waals surface area contributed by atoms with Crippen LogP contribution in [0.25, 0.3) is 0 Å². The molecule has 2 heterocycles. The molecule has 2 aromatic rings. The second-order valence-corrected chi connectivity index (χ2v) is 4.69. The zero-order valence-corrected chi connectivity index (χ0v) is 11.6. The molecule has 1 aliphatic rings. The number of nitrogens with one attached hydrogen (secondary N) is 1. The Morgan fingerprint density at radius 3 is 2.95 bits per heavy atom. The average molecular weight is 282 g/mol. The predicted molar refractivity (Wildman–Crippen MR) is 75.1 cm³/mol. The monoisotopic (exact) mass is 281 g/mol. The summed E-state index contributed by atoms with van der Waals surface area (Å²) in [6.45, 7) is 4.36. The lowest BCUT2D eigenvalue weighted by Crippen LogP contribution is -2.25. The first-order valence-electron chi connectivity index (χ1n) is 6.25. The molecular weight excluding hydrogens is 265 g/mol. The normalized spacial score (nSPS) is 13.8. The summed E-state index contributed by atoms with van der Waals surface area (Å²) in [4.78, 5) is 0. The minimum absolute atomic E-state index is 0. The first-order chi connectivity index (χ1) is 8.75. The molecule has 1 N–H and O–H groups in total. The van der Waals surface area contributed by atoms with Crippen LogP contribution in [-0.4, -0.2) is 16.3 Å². The SMILES string of the molecule is Cc1nn(Cc2ccccc2F)c2c1CCNC2.Cl. The molecule has 1 aromatic heterocycles. The molecule has 19 heavy (non-hydrogen) atoms. The summed E-state index contributed by atoms with van der Waals surface area (Å²) in [5.41, 5.74) is 4.28. The molecule has 0 saturated heterocycles. The molecular formula is C14H17ClFN3. The molecule has 0 spiro atoms. The maximum absolute atomic E-state index is 13.7. The molecule has 5 heteroatoms. The fourth-order valence-electron chi connectivity index (χ4n) is 2.53. The van der Waals surface area contributed by atoms with Crippen LogP contribution in [-0.2, 0) is 19.5 Å². The van der Waals surface area contributed by atoms with E-state index in [9.17, 15) is 4.39 Å². The van der Waals surface area contributed by atoms with Crippen molar-refractivity contribution in [3.8, 4) is 0 Å². The maximum atomic E-state index is 13.7. The van der Waals surface area contributed by atoms with Crippen LogP contribution in [0.15, 0.2) is 24.3 Å². The molecule has 102 valence electrons. The molecule has 0 unspecified atom stereocenters. The lowest BCUT2D eigenvalue weighted by molar-refractivity contribution is 0.548. The molecule has 0 aliphatic carbocycles. The number of nitrogens with zero attached hydrogens (tertiary/aromatic N) is 2. The van der Waals surface area contributed by atoms with Gasteiger partial charge in [-0.15, -0.1) is 12.4 Å². The molecule has 0 atom stereocenters. The van der Waals surface area contributed by atoms with Crippen molar-refractivity contribution in [3.05, 3.63) is 52.6 Å². The smallest absolute Gasteiger partial charge is 0.128 e. The zero-order chi connectivity index (χ0) is 12.5. The quantitative estimate of drug-likeness (QED) is 0.916. The molecule has 0 saturated carbocycles. The van der Waals surface area contributed by atoms with E-state index < -0.39 is 0 Å². The summed E-state index contributed by atoms with van der Waals surface area (Å²) < 4.78 is 15.6. The fraction of sp³-hybridized carbons (Fsp3) is 0.357. The van der Waals surface area contributed by atoms with Crippen molar-refractivity contribution in [2.24, 2.45) is 0 Å². The Morgan fingerprint density at radius 1 is 1.37 bits per heavy atom. The third-order valence-electron chi connectivity index (χ3n) is 3.49. The summed E-state index contributed by atoms with van der Waals surface area (Å²) in [7, 11) is 0. The second-order valence-electron chi connectivity index (χ2n) is 4.69. The number of rotatable bonds is 2. The predicted octanol–water partition coefficient (Wildman–Crippen LogP) is 2.45. The van der Waals surface area contributed by atoms with Gasteiger partial charge in [0.05, 0.1) is 17.9 Å². The Labute approximate surface area is 118 Å². The molecule has 3 nitrogen and oxygen atoms in total. The number of aryl methyl sites for hydroxylation is 1. The van der Waals surface area contributed by atoms with Crippen molar-refractivity contribution >= 4 is 12.4 Å². The zero-order valence-electron chi connectivity index (χ0n) is 10.8. The molecule has 1 aromatic carbocycles. The van der Waals surface area contributed by atoms with Crippen molar-refractivity contribution in [1.29, 1.82) is 0 Å². The highest BCUT2D eigenvalue weighted by Crippen LogP contribution is 2.19. The number of halogens is 2. The van der Waals surface area contributed by atoms with Gasteiger partial charge in [-0.2, -0.15) is 5.10 Å². The van der Waals surface area contributed by atoms with Crippen LogP contribution in [0.5, 0.6) is 0 Å². The third kappa shape index (κ3) is 2.65. The summed E-state index contributed by atoms with van der Waals surface area (Å²) >= 11 is 0. The van der Waals surface area contributed by atoms with E-state index in [1.54, 1.807) is 6.07 Å². The Bertz CT molecular complexity index is 580. The number of hydrogen-bond donors (Lipinski definition) is 1. The van der Waals surface area contributed by atoms with E-state index in [-0.39, 0.29) is 18.2 Å². The standard InChI is InChI=1S/C14H16FN3.ClH/c1-10-12-6-7-16-8-14(12)18(17-10)9-11-4-2-3-5-13(11)15;/h2-5,16H,6-9H2,1H3;1H. The van der Waals surface area contributed by atoms with Gasteiger partial charge in [0.1, 0.15) is 5.82 Å². The van der Waals surface area contributed by atoms with Crippen molar-refractivity contribution in [1.82, 2.24) is 15.1 Å². The van der Waals surface area contributed by atoms with Crippen LogP contribution in [0.1, 0.15) is 22.5 Å². The van der Waals surface area contributed by atoms with Crippen LogP contribution in [0.4, 0.5) is 4.39 Å². The molecule has 1 aliphatic heterocycles. The summed E-state index contributed by atoms with van der Waals surface area (Å²) in [6.07, 6.45) is 1.01. The van der Waals surface area contributed by atoms with Crippen LogP contribution < -0.4 is 5.32 Å². The minimum atomic E-state index is -0.164. The lowest BCUT2D eigenvalue weighted by atomic mass is 10.1. The fourth-order valence-corrected chi connectivity index (χ4v) is 2.53. The second kappa shape index (κ2) is 5.72. The van der Waals surface area contributed by atoms with Crippen molar-refractivity contribution in [2.75, 3.05) is 6.54 Å². The van der Waals surface area contributed by atoms with Crippen molar-refractivity contribution in [3.63, 3.8) is 0 Å². The van der Waals surface area contributed by atoms with E-state index in [1.165, 1.54) is 17.3 Å². The van der Waals surface area contributed by atoms with E-state index in [1.807, 2.05) is 23.7 Å².